The van der Waals surface area contributed by atoms with Crippen LogP contribution in [0, 0.1) is 11.8 Å². The molecule has 1 heterocycles. The predicted octanol–water partition coefficient (Wildman–Crippen LogP) is 3.91. The van der Waals surface area contributed by atoms with Crippen molar-refractivity contribution >= 4 is 17.5 Å². The van der Waals surface area contributed by atoms with Crippen molar-refractivity contribution in [3.8, 4) is 5.75 Å². The minimum atomic E-state index is -0.252. The molecule has 1 saturated heterocycles. The van der Waals surface area contributed by atoms with Crippen molar-refractivity contribution < 1.29 is 14.3 Å². The first-order valence-corrected chi connectivity index (χ1v) is 10.4. The van der Waals surface area contributed by atoms with Gasteiger partial charge in [0.25, 0.3) is 0 Å². The van der Waals surface area contributed by atoms with Gasteiger partial charge in [0.15, 0.2) is 0 Å². The fourth-order valence-corrected chi connectivity index (χ4v) is 4.11. The number of carbonyl (C=O) groups is 2. The van der Waals surface area contributed by atoms with Crippen LogP contribution >= 0.6 is 0 Å². The maximum Gasteiger partial charge on any atom is 0.227 e. The fraction of sp³-hybridized carbons (Fsp3) is 0.636. The van der Waals surface area contributed by atoms with Crippen molar-refractivity contribution in [2.45, 2.75) is 64.8 Å². The Bertz CT molecular complexity index is 635. The molecule has 0 aromatic heterocycles. The van der Waals surface area contributed by atoms with Crippen molar-refractivity contribution in [2.75, 3.05) is 18.1 Å². The molecule has 1 aromatic rings. The highest BCUT2D eigenvalue weighted by Crippen LogP contribution is 2.29. The second kappa shape index (κ2) is 9.25. The standard InChI is InChI=1S/C22H32N2O3/c1-3-13-27-20-11-9-19(10-12-20)24-15-17(14-21(24)25)22(26)23-18-7-5-16(4-2)6-8-18/h9-12,16-18H,3-8,13-15H2,1-2H3,(H,23,26)/t16?,17-,18?/m1/s1. The highest BCUT2D eigenvalue weighted by atomic mass is 16.5. The lowest BCUT2D eigenvalue weighted by Gasteiger charge is -2.29. The lowest BCUT2D eigenvalue weighted by Crippen LogP contribution is -2.41. The minimum Gasteiger partial charge on any atom is -0.494 e. The van der Waals surface area contributed by atoms with Gasteiger partial charge in [-0.15, -0.1) is 0 Å². The van der Waals surface area contributed by atoms with Crippen LogP contribution < -0.4 is 15.0 Å². The van der Waals surface area contributed by atoms with E-state index in [9.17, 15) is 9.59 Å². The van der Waals surface area contributed by atoms with E-state index in [1.165, 1.54) is 19.3 Å². The van der Waals surface area contributed by atoms with E-state index < -0.39 is 0 Å². The maximum absolute atomic E-state index is 12.6. The molecular weight excluding hydrogens is 340 g/mol. The molecule has 0 radical (unpaired) electrons. The van der Waals surface area contributed by atoms with Crippen molar-refractivity contribution in [2.24, 2.45) is 11.8 Å². The molecule has 2 aliphatic rings. The summed E-state index contributed by atoms with van der Waals surface area (Å²) in [4.78, 5) is 26.8. The first kappa shape index (κ1) is 19.7. The number of carbonyl (C=O) groups excluding carboxylic acids is 2. The molecule has 5 nitrogen and oxygen atoms in total. The summed E-state index contributed by atoms with van der Waals surface area (Å²) in [5.41, 5.74) is 0.836. The Kier molecular flexibility index (Phi) is 6.75. The Balaban J connectivity index is 1.53. The highest BCUT2D eigenvalue weighted by molar-refractivity contribution is 6.00. The summed E-state index contributed by atoms with van der Waals surface area (Å²) in [5, 5.41) is 3.19. The van der Waals surface area contributed by atoms with Crippen molar-refractivity contribution in [1.29, 1.82) is 0 Å². The molecule has 1 saturated carbocycles. The van der Waals surface area contributed by atoms with E-state index in [1.54, 1.807) is 4.90 Å². The molecule has 0 unspecified atom stereocenters. The topological polar surface area (TPSA) is 58.6 Å². The average molecular weight is 373 g/mol. The van der Waals surface area contributed by atoms with E-state index in [0.717, 1.165) is 36.6 Å². The zero-order chi connectivity index (χ0) is 19.2. The van der Waals surface area contributed by atoms with Gasteiger partial charge in [0.2, 0.25) is 11.8 Å². The molecule has 27 heavy (non-hydrogen) atoms. The molecule has 1 aliphatic carbocycles. The zero-order valence-electron chi connectivity index (χ0n) is 16.6. The van der Waals surface area contributed by atoms with Gasteiger partial charge in [-0.05, 0) is 62.3 Å². The van der Waals surface area contributed by atoms with Crippen LogP contribution in [0.3, 0.4) is 0 Å². The first-order chi connectivity index (χ1) is 13.1. The fourth-order valence-electron chi connectivity index (χ4n) is 4.11. The second-order valence-corrected chi connectivity index (χ2v) is 7.88. The van der Waals surface area contributed by atoms with Crippen molar-refractivity contribution in [3.05, 3.63) is 24.3 Å². The number of ether oxygens (including phenoxy) is 1. The van der Waals surface area contributed by atoms with Gasteiger partial charge < -0.3 is 15.0 Å². The van der Waals surface area contributed by atoms with Gasteiger partial charge >= 0.3 is 0 Å². The Labute approximate surface area is 162 Å². The Morgan fingerprint density at radius 2 is 1.85 bits per heavy atom. The Hall–Kier alpha value is -2.04. The number of nitrogens with one attached hydrogen (secondary N) is 1. The van der Waals surface area contributed by atoms with Crippen LogP contribution in [-0.4, -0.2) is 31.0 Å². The van der Waals surface area contributed by atoms with Crippen LogP contribution in [0.15, 0.2) is 24.3 Å². The SMILES string of the molecule is CCCOc1ccc(N2C[C@H](C(=O)NC3CCC(CC)CC3)CC2=O)cc1. The largest absolute Gasteiger partial charge is 0.494 e. The predicted molar refractivity (Wildman–Crippen MR) is 107 cm³/mol. The third-order valence-electron chi connectivity index (χ3n) is 5.89. The summed E-state index contributed by atoms with van der Waals surface area (Å²) in [6.07, 6.45) is 7.01. The molecule has 1 aliphatic heterocycles. The van der Waals surface area contributed by atoms with Crippen molar-refractivity contribution in [3.63, 3.8) is 0 Å². The summed E-state index contributed by atoms with van der Waals surface area (Å²) in [6, 6.07) is 7.85. The minimum absolute atomic E-state index is 0.0204. The molecule has 0 bridgehead atoms. The highest BCUT2D eigenvalue weighted by Gasteiger charge is 2.36. The van der Waals surface area contributed by atoms with Gasteiger partial charge in [-0.25, -0.2) is 0 Å². The van der Waals surface area contributed by atoms with Crippen LogP contribution in [0.5, 0.6) is 5.75 Å². The molecule has 2 fully saturated rings. The molecule has 1 atom stereocenters. The van der Waals surface area contributed by atoms with E-state index in [1.807, 2.05) is 24.3 Å². The number of amides is 2. The molecule has 5 heteroatoms. The number of hydrogen-bond donors (Lipinski definition) is 1. The molecular formula is C22H32N2O3. The van der Waals surface area contributed by atoms with Gasteiger partial charge in [-0.2, -0.15) is 0 Å². The van der Waals surface area contributed by atoms with Crippen LogP contribution in [0.2, 0.25) is 0 Å². The quantitative estimate of drug-likeness (QED) is 0.789. The van der Waals surface area contributed by atoms with E-state index in [0.29, 0.717) is 19.6 Å². The smallest absolute Gasteiger partial charge is 0.227 e. The van der Waals surface area contributed by atoms with Gasteiger partial charge in [0, 0.05) is 24.7 Å². The molecule has 148 valence electrons. The van der Waals surface area contributed by atoms with Gasteiger partial charge in [0.1, 0.15) is 5.75 Å². The number of hydrogen-bond acceptors (Lipinski definition) is 3. The summed E-state index contributed by atoms with van der Waals surface area (Å²) < 4.78 is 5.59. The van der Waals surface area contributed by atoms with Crippen LogP contribution in [-0.2, 0) is 9.59 Å². The van der Waals surface area contributed by atoms with E-state index in [2.05, 4.69) is 19.2 Å². The second-order valence-electron chi connectivity index (χ2n) is 7.88. The van der Waals surface area contributed by atoms with Gasteiger partial charge in [0.05, 0.1) is 12.5 Å². The zero-order valence-corrected chi connectivity index (χ0v) is 16.6. The first-order valence-electron chi connectivity index (χ1n) is 10.4. The van der Waals surface area contributed by atoms with Gasteiger partial charge in [-0.3, -0.25) is 9.59 Å². The summed E-state index contributed by atoms with van der Waals surface area (Å²) in [5.74, 6) is 1.42. The van der Waals surface area contributed by atoms with Crippen LogP contribution in [0.25, 0.3) is 0 Å². The Morgan fingerprint density at radius 3 is 2.48 bits per heavy atom. The summed E-state index contributed by atoms with van der Waals surface area (Å²) in [6.45, 7) is 5.46. The van der Waals surface area contributed by atoms with Crippen LogP contribution in [0.4, 0.5) is 5.69 Å². The third-order valence-corrected chi connectivity index (χ3v) is 5.89. The molecule has 1 aromatic carbocycles. The average Bonchev–Trinajstić information content (AvgIpc) is 3.09. The monoisotopic (exact) mass is 372 g/mol. The summed E-state index contributed by atoms with van der Waals surface area (Å²) in [7, 11) is 0. The number of anilines is 1. The lowest BCUT2D eigenvalue weighted by atomic mass is 9.84. The molecule has 0 spiro atoms. The number of benzene rings is 1. The number of rotatable bonds is 7. The van der Waals surface area contributed by atoms with E-state index in [4.69, 9.17) is 4.74 Å². The van der Waals surface area contributed by atoms with Crippen LogP contribution in [0.1, 0.15) is 58.8 Å². The Morgan fingerprint density at radius 1 is 1.15 bits per heavy atom. The third kappa shape index (κ3) is 5.02. The van der Waals surface area contributed by atoms with Crippen molar-refractivity contribution in [1.82, 2.24) is 5.32 Å². The summed E-state index contributed by atoms with van der Waals surface area (Å²) >= 11 is 0. The maximum atomic E-state index is 12.6. The van der Waals surface area contributed by atoms with Gasteiger partial charge in [-0.1, -0.05) is 20.3 Å². The molecule has 3 rings (SSSR count). The normalized spacial score (nSPS) is 25.5. The number of nitrogens with zero attached hydrogens (tertiary/aromatic N) is 1. The lowest BCUT2D eigenvalue weighted by molar-refractivity contribution is -0.127. The van der Waals surface area contributed by atoms with E-state index >= 15 is 0 Å². The molecule has 1 N–H and O–H groups in total. The molecule has 2 amide bonds. The van der Waals surface area contributed by atoms with E-state index in [-0.39, 0.29) is 23.8 Å².